The standard InChI is InChI=1S/C19H21NO.ClH/c21-19(16-10-12-20-13-11-16)14-17-8-4-5-9-18(17)15-6-2-1-3-7-15;/h1-9,16,20H,10-14H2;1H. The zero-order chi connectivity index (χ0) is 14.5. The van der Waals surface area contributed by atoms with Gasteiger partial charge in [0.05, 0.1) is 0 Å². The summed E-state index contributed by atoms with van der Waals surface area (Å²) in [5.74, 6) is 0.620. The first-order valence-corrected chi connectivity index (χ1v) is 7.71. The molecule has 0 spiro atoms. The number of rotatable bonds is 4. The first-order valence-electron chi connectivity index (χ1n) is 7.71. The number of benzene rings is 2. The number of halogens is 1. The van der Waals surface area contributed by atoms with Crippen molar-refractivity contribution in [2.75, 3.05) is 13.1 Å². The number of Topliss-reactive ketones (excluding diaryl/α,β-unsaturated/α-hetero) is 1. The van der Waals surface area contributed by atoms with Crippen molar-refractivity contribution >= 4 is 18.2 Å². The molecule has 3 heteroatoms. The van der Waals surface area contributed by atoms with Crippen molar-refractivity contribution in [1.29, 1.82) is 0 Å². The Kier molecular flexibility index (Phi) is 6.17. The lowest BCUT2D eigenvalue weighted by Crippen LogP contribution is -2.32. The van der Waals surface area contributed by atoms with Crippen LogP contribution in [0.5, 0.6) is 0 Å². The summed E-state index contributed by atoms with van der Waals surface area (Å²) in [5.41, 5.74) is 3.51. The van der Waals surface area contributed by atoms with Gasteiger partial charge >= 0.3 is 0 Å². The van der Waals surface area contributed by atoms with E-state index in [1.54, 1.807) is 0 Å². The van der Waals surface area contributed by atoms with Gasteiger partial charge in [0.2, 0.25) is 0 Å². The number of carbonyl (C=O) groups excluding carboxylic acids is 1. The number of carbonyl (C=O) groups is 1. The SMILES string of the molecule is Cl.O=C(Cc1ccccc1-c1ccccc1)C1CCNCC1. The third-order valence-corrected chi connectivity index (χ3v) is 4.26. The van der Waals surface area contributed by atoms with Crippen LogP contribution in [0.15, 0.2) is 54.6 Å². The van der Waals surface area contributed by atoms with E-state index in [1.165, 1.54) is 11.1 Å². The molecule has 0 aliphatic carbocycles. The Morgan fingerprint density at radius 1 is 0.955 bits per heavy atom. The first-order chi connectivity index (χ1) is 10.3. The van der Waals surface area contributed by atoms with Crippen LogP contribution in [-0.2, 0) is 11.2 Å². The maximum Gasteiger partial charge on any atom is 0.140 e. The van der Waals surface area contributed by atoms with E-state index in [9.17, 15) is 4.79 Å². The number of hydrogen-bond donors (Lipinski definition) is 1. The number of nitrogens with one attached hydrogen (secondary N) is 1. The second kappa shape index (κ2) is 8.11. The first kappa shape index (κ1) is 16.7. The zero-order valence-electron chi connectivity index (χ0n) is 12.6. The minimum absolute atomic E-state index is 0. The lowest BCUT2D eigenvalue weighted by atomic mass is 9.88. The average molecular weight is 316 g/mol. The van der Waals surface area contributed by atoms with Crippen LogP contribution in [0.25, 0.3) is 11.1 Å². The van der Waals surface area contributed by atoms with Gasteiger partial charge in [0.1, 0.15) is 5.78 Å². The molecule has 1 aliphatic rings. The molecule has 0 amide bonds. The molecule has 116 valence electrons. The Labute approximate surface area is 138 Å². The Hall–Kier alpha value is -1.64. The number of piperidine rings is 1. The molecule has 2 aromatic carbocycles. The smallest absolute Gasteiger partial charge is 0.140 e. The average Bonchev–Trinajstić information content (AvgIpc) is 2.57. The molecule has 1 aliphatic heterocycles. The Morgan fingerprint density at radius 3 is 2.32 bits per heavy atom. The molecular weight excluding hydrogens is 294 g/mol. The van der Waals surface area contributed by atoms with Gasteiger partial charge < -0.3 is 5.32 Å². The van der Waals surface area contributed by atoms with Crippen LogP contribution < -0.4 is 5.32 Å². The van der Waals surface area contributed by atoms with Crippen molar-refractivity contribution in [3.8, 4) is 11.1 Å². The summed E-state index contributed by atoms with van der Waals surface area (Å²) in [6, 6.07) is 18.6. The molecule has 22 heavy (non-hydrogen) atoms. The fraction of sp³-hybridized carbons (Fsp3) is 0.316. The molecule has 1 N–H and O–H groups in total. The fourth-order valence-corrected chi connectivity index (χ4v) is 3.05. The maximum absolute atomic E-state index is 12.5. The highest BCUT2D eigenvalue weighted by Gasteiger charge is 2.21. The van der Waals surface area contributed by atoms with E-state index in [2.05, 4.69) is 29.6 Å². The second-order valence-corrected chi connectivity index (χ2v) is 5.69. The van der Waals surface area contributed by atoms with Crippen LogP contribution in [0, 0.1) is 5.92 Å². The highest BCUT2D eigenvalue weighted by molar-refractivity contribution is 5.86. The fourth-order valence-electron chi connectivity index (χ4n) is 3.05. The molecule has 1 heterocycles. The van der Waals surface area contributed by atoms with Crippen LogP contribution in [-0.4, -0.2) is 18.9 Å². The summed E-state index contributed by atoms with van der Waals surface area (Å²) in [6.07, 6.45) is 2.51. The summed E-state index contributed by atoms with van der Waals surface area (Å²) in [5, 5.41) is 3.32. The molecule has 0 bridgehead atoms. The summed E-state index contributed by atoms with van der Waals surface area (Å²) in [4.78, 5) is 12.5. The molecular formula is C19H22ClNO. The Balaban J connectivity index is 0.00000176. The monoisotopic (exact) mass is 315 g/mol. The second-order valence-electron chi connectivity index (χ2n) is 5.69. The van der Waals surface area contributed by atoms with Crippen molar-refractivity contribution < 1.29 is 4.79 Å². The number of hydrogen-bond acceptors (Lipinski definition) is 2. The van der Waals surface area contributed by atoms with E-state index in [-0.39, 0.29) is 18.3 Å². The van der Waals surface area contributed by atoms with Crippen molar-refractivity contribution in [1.82, 2.24) is 5.32 Å². The molecule has 0 unspecified atom stereocenters. The van der Waals surface area contributed by atoms with E-state index in [1.807, 2.05) is 30.3 Å². The molecule has 0 radical (unpaired) electrons. The van der Waals surface area contributed by atoms with Crippen molar-refractivity contribution in [2.24, 2.45) is 5.92 Å². The predicted octanol–water partition coefficient (Wildman–Crippen LogP) is 3.89. The van der Waals surface area contributed by atoms with E-state index in [0.717, 1.165) is 31.5 Å². The molecule has 0 aromatic heterocycles. The molecule has 2 nitrogen and oxygen atoms in total. The molecule has 2 aromatic rings. The highest BCUT2D eigenvalue weighted by Crippen LogP contribution is 2.25. The van der Waals surface area contributed by atoms with Gasteiger partial charge in [-0.15, -0.1) is 12.4 Å². The zero-order valence-corrected chi connectivity index (χ0v) is 13.4. The van der Waals surface area contributed by atoms with Crippen LogP contribution in [0.4, 0.5) is 0 Å². The van der Waals surface area contributed by atoms with E-state index >= 15 is 0 Å². The number of ketones is 1. The summed E-state index contributed by atoms with van der Waals surface area (Å²) >= 11 is 0. The quantitative estimate of drug-likeness (QED) is 0.927. The summed E-state index contributed by atoms with van der Waals surface area (Å²) in [7, 11) is 0. The molecule has 1 saturated heterocycles. The Bertz CT molecular complexity index is 606. The maximum atomic E-state index is 12.5. The van der Waals surface area contributed by atoms with Crippen LogP contribution in [0.3, 0.4) is 0 Å². The van der Waals surface area contributed by atoms with Gasteiger partial charge in [0, 0.05) is 12.3 Å². The minimum atomic E-state index is 0. The van der Waals surface area contributed by atoms with Crippen LogP contribution in [0.2, 0.25) is 0 Å². The topological polar surface area (TPSA) is 29.1 Å². The van der Waals surface area contributed by atoms with E-state index < -0.39 is 0 Å². The summed E-state index contributed by atoms with van der Waals surface area (Å²) < 4.78 is 0. The van der Waals surface area contributed by atoms with Crippen LogP contribution in [0.1, 0.15) is 18.4 Å². The normalized spacial score (nSPS) is 15.1. The molecule has 0 saturated carbocycles. The molecule has 3 rings (SSSR count). The van der Waals surface area contributed by atoms with Gasteiger partial charge in [-0.2, -0.15) is 0 Å². The van der Waals surface area contributed by atoms with Crippen molar-refractivity contribution in [2.45, 2.75) is 19.3 Å². The van der Waals surface area contributed by atoms with E-state index in [0.29, 0.717) is 12.2 Å². The minimum Gasteiger partial charge on any atom is -0.317 e. The van der Waals surface area contributed by atoms with E-state index in [4.69, 9.17) is 0 Å². The highest BCUT2D eigenvalue weighted by atomic mass is 35.5. The van der Waals surface area contributed by atoms with Gasteiger partial charge in [0.15, 0.2) is 0 Å². The van der Waals surface area contributed by atoms with Crippen molar-refractivity contribution in [3.05, 3.63) is 60.2 Å². The largest absolute Gasteiger partial charge is 0.317 e. The third kappa shape index (κ3) is 3.96. The lowest BCUT2D eigenvalue weighted by molar-refractivity contribution is -0.122. The van der Waals surface area contributed by atoms with Gasteiger partial charge in [-0.3, -0.25) is 4.79 Å². The molecule has 0 atom stereocenters. The molecule has 1 fully saturated rings. The Morgan fingerprint density at radius 2 is 1.59 bits per heavy atom. The van der Waals surface area contributed by atoms with Crippen LogP contribution >= 0.6 is 12.4 Å². The van der Waals surface area contributed by atoms with Crippen molar-refractivity contribution in [3.63, 3.8) is 0 Å². The van der Waals surface area contributed by atoms with Gasteiger partial charge in [-0.25, -0.2) is 0 Å². The third-order valence-electron chi connectivity index (χ3n) is 4.26. The van der Waals surface area contributed by atoms with Gasteiger partial charge in [-0.05, 0) is 42.6 Å². The lowest BCUT2D eigenvalue weighted by Gasteiger charge is -2.21. The summed E-state index contributed by atoms with van der Waals surface area (Å²) in [6.45, 7) is 1.94. The predicted molar refractivity (Wildman–Crippen MR) is 93.4 cm³/mol. The van der Waals surface area contributed by atoms with Gasteiger partial charge in [-0.1, -0.05) is 54.6 Å². The van der Waals surface area contributed by atoms with Gasteiger partial charge in [0.25, 0.3) is 0 Å².